The monoisotopic (exact) mass is 382 g/mol. The van der Waals surface area contributed by atoms with E-state index in [-0.39, 0.29) is 12.2 Å². The maximum atomic E-state index is 11.5. The van der Waals surface area contributed by atoms with Gasteiger partial charge in [0.1, 0.15) is 18.3 Å². The lowest BCUT2D eigenvalue weighted by atomic mass is 10.1. The minimum Gasteiger partial charge on any atom is -0.477 e. The van der Waals surface area contributed by atoms with E-state index in [9.17, 15) is 19.2 Å². The molecule has 2 heterocycles. The van der Waals surface area contributed by atoms with E-state index in [4.69, 9.17) is 24.1 Å². The number of rotatable bonds is 6. The Morgan fingerprint density at radius 1 is 1.07 bits per heavy atom. The molecule has 0 spiro atoms. The highest BCUT2D eigenvalue weighted by atomic mass is 16.7. The molecular formula is C17H20NO9+. The minimum atomic E-state index is -1.15. The molecule has 1 N–H and O–H groups in total. The van der Waals surface area contributed by atoms with Gasteiger partial charge in [0, 0.05) is 26.8 Å². The second-order valence-electron chi connectivity index (χ2n) is 5.86. The van der Waals surface area contributed by atoms with Crippen molar-refractivity contribution in [1.82, 2.24) is 0 Å². The lowest BCUT2D eigenvalue weighted by Gasteiger charge is -2.21. The number of hydrogen-bond donors (Lipinski definition) is 1. The molecule has 1 aliphatic heterocycles. The highest BCUT2D eigenvalue weighted by Gasteiger charge is 2.54. The minimum absolute atomic E-state index is 0.0184. The summed E-state index contributed by atoms with van der Waals surface area (Å²) in [7, 11) is 0. The maximum Gasteiger partial charge on any atom is 0.341 e. The standard InChI is InChI=1S/C17H19NO9/c1-9(19)24-8-13-14(25-10(2)20)15(26-11(3)21)16(27-13)18-6-4-5-12(7-18)17(22)23/h4-7,13-16H,8H2,1-3H3/p+1/t13?,14-,15-,16?/m0/s1. The molecule has 0 radical (unpaired) electrons. The van der Waals surface area contributed by atoms with Gasteiger partial charge in [-0.3, -0.25) is 14.4 Å². The lowest BCUT2D eigenvalue weighted by molar-refractivity contribution is -0.765. The molecule has 0 bridgehead atoms. The number of carboxylic acid groups (broad SMARTS) is 1. The first kappa shape index (κ1) is 20.3. The largest absolute Gasteiger partial charge is 0.477 e. The summed E-state index contributed by atoms with van der Waals surface area (Å²) in [6.07, 6.45) is -1.20. The van der Waals surface area contributed by atoms with E-state index in [0.29, 0.717) is 0 Å². The molecule has 2 unspecified atom stereocenters. The van der Waals surface area contributed by atoms with Gasteiger partial charge in [0.05, 0.1) is 0 Å². The second-order valence-corrected chi connectivity index (χ2v) is 5.86. The number of nitrogens with zero attached hydrogens (tertiary/aromatic N) is 1. The third kappa shape index (κ3) is 5.23. The number of carboxylic acids is 1. The van der Waals surface area contributed by atoms with Crippen LogP contribution in [0.15, 0.2) is 24.5 Å². The Bertz CT molecular complexity index is 748. The van der Waals surface area contributed by atoms with Crippen LogP contribution < -0.4 is 4.57 Å². The van der Waals surface area contributed by atoms with Gasteiger partial charge in [0.25, 0.3) is 0 Å². The summed E-state index contributed by atoms with van der Waals surface area (Å²) in [4.78, 5) is 45.4. The van der Waals surface area contributed by atoms with Crippen molar-refractivity contribution in [3.05, 3.63) is 30.1 Å². The Kier molecular flexibility index (Phi) is 6.45. The summed E-state index contributed by atoms with van der Waals surface area (Å²) in [5.41, 5.74) is -0.0184. The molecule has 2 rings (SSSR count). The molecule has 146 valence electrons. The molecule has 27 heavy (non-hydrogen) atoms. The van der Waals surface area contributed by atoms with E-state index >= 15 is 0 Å². The van der Waals surface area contributed by atoms with Crippen molar-refractivity contribution < 1.29 is 47.8 Å². The van der Waals surface area contributed by atoms with Crippen molar-refractivity contribution >= 4 is 23.9 Å². The van der Waals surface area contributed by atoms with Crippen LogP contribution in [-0.2, 0) is 33.3 Å². The van der Waals surface area contributed by atoms with Crippen molar-refractivity contribution in [3.8, 4) is 0 Å². The van der Waals surface area contributed by atoms with Gasteiger partial charge in [-0.2, -0.15) is 4.57 Å². The molecular weight excluding hydrogens is 362 g/mol. The molecule has 1 aromatic heterocycles. The zero-order valence-electron chi connectivity index (χ0n) is 15.0. The van der Waals surface area contributed by atoms with Crippen LogP contribution in [0.2, 0.25) is 0 Å². The maximum absolute atomic E-state index is 11.5. The summed E-state index contributed by atoms with van der Waals surface area (Å²) in [6, 6.07) is 2.87. The first-order valence-electron chi connectivity index (χ1n) is 8.06. The topological polar surface area (TPSA) is 129 Å². The summed E-state index contributed by atoms with van der Waals surface area (Å²) < 4.78 is 22.6. The molecule has 0 aromatic carbocycles. The second kappa shape index (κ2) is 8.58. The summed E-state index contributed by atoms with van der Waals surface area (Å²) >= 11 is 0. The van der Waals surface area contributed by atoms with Crippen LogP contribution in [0.5, 0.6) is 0 Å². The van der Waals surface area contributed by atoms with Crippen LogP contribution in [-0.4, -0.2) is 53.9 Å². The SMILES string of the molecule is CC(=O)OCC1OC([n+]2cccc(C(=O)O)c2)[C@@H](OC(C)=O)[C@H]1OC(C)=O. The van der Waals surface area contributed by atoms with E-state index < -0.39 is 48.4 Å². The quantitative estimate of drug-likeness (QED) is 0.410. The average Bonchev–Trinajstić information content (AvgIpc) is 2.89. The highest BCUT2D eigenvalue weighted by molar-refractivity contribution is 5.86. The van der Waals surface area contributed by atoms with Gasteiger partial charge in [0.2, 0.25) is 6.10 Å². The van der Waals surface area contributed by atoms with Crippen LogP contribution in [0.1, 0.15) is 37.4 Å². The van der Waals surface area contributed by atoms with E-state index in [2.05, 4.69) is 0 Å². The average molecular weight is 382 g/mol. The van der Waals surface area contributed by atoms with Gasteiger partial charge in [-0.25, -0.2) is 4.79 Å². The molecule has 1 saturated heterocycles. The van der Waals surface area contributed by atoms with Crippen molar-refractivity contribution in [3.63, 3.8) is 0 Å². The van der Waals surface area contributed by atoms with Crippen LogP contribution in [0.25, 0.3) is 0 Å². The molecule has 10 nitrogen and oxygen atoms in total. The zero-order chi connectivity index (χ0) is 20.1. The number of ether oxygens (including phenoxy) is 4. The fraction of sp³-hybridized carbons (Fsp3) is 0.471. The predicted octanol–water partition coefficient (Wildman–Crippen LogP) is -0.00380. The third-order valence-electron chi connectivity index (χ3n) is 3.70. The van der Waals surface area contributed by atoms with Crippen molar-refractivity contribution in [2.75, 3.05) is 6.61 Å². The first-order valence-corrected chi connectivity index (χ1v) is 8.06. The summed E-state index contributed by atoms with van der Waals surface area (Å²) in [5, 5.41) is 9.17. The third-order valence-corrected chi connectivity index (χ3v) is 3.70. The first-order chi connectivity index (χ1) is 12.7. The molecule has 0 saturated carbocycles. The molecule has 1 fully saturated rings. The van der Waals surface area contributed by atoms with Crippen LogP contribution in [0, 0.1) is 0 Å². The fourth-order valence-electron chi connectivity index (χ4n) is 2.71. The number of aromatic nitrogens is 1. The molecule has 4 atom stereocenters. The Labute approximate surface area is 154 Å². The highest BCUT2D eigenvalue weighted by Crippen LogP contribution is 2.31. The van der Waals surface area contributed by atoms with Crippen LogP contribution in [0.3, 0.4) is 0 Å². The van der Waals surface area contributed by atoms with Gasteiger partial charge >= 0.3 is 30.1 Å². The van der Waals surface area contributed by atoms with E-state index in [1.807, 2.05) is 0 Å². The fourth-order valence-corrected chi connectivity index (χ4v) is 2.71. The van der Waals surface area contributed by atoms with Crippen LogP contribution in [0.4, 0.5) is 0 Å². The van der Waals surface area contributed by atoms with Crippen LogP contribution >= 0.6 is 0 Å². The number of pyridine rings is 1. The predicted molar refractivity (Wildman–Crippen MR) is 85.2 cm³/mol. The Morgan fingerprint density at radius 2 is 1.70 bits per heavy atom. The molecule has 0 amide bonds. The lowest BCUT2D eigenvalue weighted by Crippen LogP contribution is -2.48. The zero-order valence-corrected chi connectivity index (χ0v) is 15.0. The van der Waals surface area contributed by atoms with Crippen molar-refractivity contribution in [2.24, 2.45) is 0 Å². The van der Waals surface area contributed by atoms with Gasteiger partial charge in [-0.15, -0.1) is 0 Å². The Morgan fingerprint density at radius 3 is 2.26 bits per heavy atom. The van der Waals surface area contributed by atoms with Crippen molar-refractivity contribution in [2.45, 2.75) is 45.3 Å². The van der Waals surface area contributed by atoms with Gasteiger partial charge < -0.3 is 24.1 Å². The number of aromatic carboxylic acids is 1. The van der Waals surface area contributed by atoms with Gasteiger partial charge in [-0.05, 0) is 6.07 Å². The smallest absolute Gasteiger partial charge is 0.341 e. The summed E-state index contributed by atoms with van der Waals surface area (Å²) in [6.45, 7) is 3.33. The molecule has 1 aromatic rings. The van der Waals surface area contributed by atoms with Gasteiger partial charge in [0.15, 0.2) is 18.5 Å². The molecule has 0 aliphatic carbocycles. The van der Waals surface area contributed by atoms with Gasteiger partial charge in [-0.1, -0.05) is 0 Å². The van der Waals surface area contributed by atoms with E-state index in [1.54, 1.807) is 0 Å². The normalized spacial score (nSPS) is 24.1. The number of esters is 3. The number of carbonyl (C=O) groups excluding carboxylic acids is 3. The summed E-state index contributed by atoms with van der Waals surface area (Å²) in [5.74, 6) is -3.00. The number of hydrogen-bond acceptors (Lipinski definition) is 8. The Hall–Kier alpha value is -3.01. The number of carbonyl (C=O) groups is 4. The molecule has 10 heteroatoms. The van der Waals surface area contributed by atoms with E-state index in [0.717, 1.165) is 0 Å². The van der Waals surface area contributed by atoms with Crippen molar-refractivity contribution in [1.29, 1.82) is 0 Å². The van der Waals surface area contributed by atoms with E-state index in [1.165, 1.54) is 49.9 Å². The molecule has 1 aliphatic rings. The Balaban J connectivity index is 2.39.